The van der Waals surface area contributed by atoms with Crippen LogP contribution >= 0.6 is 0 Å². The van der Waals surface area contributed by atoms with Gasteiger partial charge in [0.25, 0.3) is 0 Å². The molecule has 1 aliphatic rings. The van der Waals surface area contributed by atoms with Crippen molar-refractivity contribution in [2.24, 2.45) is 5.92 Å². The zero-order chi connectivity index (χ0) is 16.7. The lowest BCUT2D eigenvalue weighted by atomic mass is 9.98. The van der Waals surface area contributed by atoms with Gasteiger partial charge < -0.3 is 19.5 Å². The summed E-state index contributed by atoms with van der Waals surface area (Å²) in [4.78, 5) is 12.4. The third kappa shape index (κ3) is 4.76. The van der Waals surface area contributed by atoms with Crippen LogP contribution in [0.1, 0.15) is 31.6 Å². The summed E-state index contributed by atoms with van der Waals surface area (Å²) in [5.41, 5.74) is 0.957. The first-order valence-corrected chi connectivity index (χ1v) is 8.10. The fourth-order valence-electron chi connectivity index (χ4n) is 2.74. The molecule has 7 nitrogen and oxygen atoms in total. The second-order valence-electron chi connectivity index (χ2n) is 5.80. The van der Waals surface area contributed by atoms with Crippen LogP contribution in [-0.4, -0.2) is 55.8 Å². The Morgan fingerprint density at radius 2 is 2.39 bits per heavy atom. The van der Waals surface area contributed by atoms with Gasteiger partial charge in [0, 0.05) is 46.7 Å². The van der Waals surface area contributed by atoms with Gasteiger partial charge >= 0.3 is 0 Å². The molecule has 7 heteroatoms. The Hall–Kier alpha value is -1.44. The second kappa shape index (κ2) is 9.00. The summed E-state index contributed by atoms with van der Waals surface area (Å²) in [6.07, 6.45) is 3.12. The second-order valence-corrected chi connectivity index (χ2v) is 5.80. The Bertz CT molecular complexity index is 491. The Kier molecular flexibility index (Phi) is 7.01. The molecule has 1 unspecified atom stereocenters. The van der Waals surface area contributed by atoms with Crippen LogP contribution in [0.15, 0.2) is 12.3 Å². The van der Waals surface area contributed by atoms with Gasteiger partial charge in [-0.15, -0.1) is 0 Å². The molecule has 1 amide bonds. The van der Waals surface area contributed by atoms with Gasteiger partial charge in [0.1, 0.15) is 6.10 Å². The van der Waals surface area contributed by atoms with Crippen molar-refractivity contribution >= 4 is 5.91 Å². The highest BCUT2D eigenvalue weighted by Gasteiger charge is 2.37. The monoisotopic (exact) mass is 325 g/mol. The topological polar surface area (TPSA) is 74.6 Å². The van der Waals surface area contributed by atoms with Gasteiger partial charge in [-0.3, -0.25) is 9.48 Å². The van der Waals surface area contributed by atoms with Crippen LogP contribution in [0.4, 0.5) is 0 Å². The summed E-state index contributed by atoms with van der Waals surface area (Å²) in [6.45, 7) is 4.46. The molecule has 1 aliphatic heterocycles. The van der Waals surface area contributed by atoms with E-state index in [9.17, 15) is 4.79 Å². The minimum atomic E-state index is -0.238. The van der Waals surface area contributed by atoms with Crippen LogP contribution in [0.3, 0.4) is 0 Å². The molecule has 0 bridgehead atoms. The molecule has 1 aromatic heterocycles. The van der Waals surface area contributed by atoms with Gasteiger partial charge in [0.15, 0.2) is 0 Å². The minimum Gasteiger partial charge on any atom is -0.385 e. The molecule has 0 aromatic carbocycles. The number of ether oxygens (including phenoxy) is 3. The van der Waals surface area contributed by atoms with E-state index in [0.717, 1.165) is 25.1 Å². The van der Waals surface area contributed by atoms with E-state index in [4.69, 9.17) is 14.2 Å². The van der Waals surface area contributed by atoms with E-state index >= 15 is 0 Å². The number of hydrogen-bond donors (Lipinski definition) is 1. The lowest BCUT2D eigenvalue weighted by Gasteiger charge is -2.20. The van der Waals surface area contributed by atoms with E-state index in [1.54, 1.807) is 20.4 Å². The highest BCUT2D eigenvalue weighted by Crippen LogP contribution is 2.34. The molecule has 0 aliphatic carbocycles. The highest BCUT2D eigenvalue weighted by molar-refractivity contribution is 5.79. The molecule has 0 saturated carbocycles. The number of carbonyl (C=O) groups excluding carboxylic acids is 1. The number of aryl methyl sites for hydroxylation is 1. The number of rotatable bonds is 9. The predicted molar refractivity (Wildman–Crippen MR) is 85.0 cm³/mol. The standard InChI is InChI=1S/C16H27N3O4/c1-12(22-3)11-17-16(20)13-6-10-23-15(13)14-5-7-18-19(14)8-4-9-21-2/h5,7,12-13,15H,4,6,8-11H2,1-3H3,(H,17,20)/t12?,13-,15-/m0/s1. The van der Waals surface area contributed by atoms with E-state index in [-0.39, 0.29) is 24.0 Å². The average molecular weight is 325 g/mol. The zero-order valence-corrected chi connectivity index (χ0v) is 14.2. The summed E-state index contributed by atoms with van der Waals surface area (Å²) in [6, 6.07) is 1.93. The maximum atomic E-state index is 12.4. The molecule has 23 heavy (non-hydrogen) atoms. The first-order valence-electron chi connectivity index (χ1n) is 8.10. The van der Waals surface area contributed by atoms with Gasteiger partial charge in [-0.1, -0.05) is 0 Å². The largest absolute Gasteiger partial charge is 0.385 e. The predicted octanol–water partition coefficient (Wildman–Crippen LogP) is 1.15. The third-order valence-corrected chi connectivity index (χ3v) is 4.15. The van der Waals surface area contributed by atoms with Gasteiger partial charge in [0.2, 0.25) is 5.91 Å². The van der Waals surface area contributed by atoms with Crippen molar-refractivity contribution in [2.45, 2.75) is 38.5 Å². The Balaban J connectivity index is 1.98. The maximum absolute atomic E-state index is 12.4. The third-order valence-electron chi connectivity index (χ3n) is 4.15. The van der Waals surface area contributed by atoms with Gasteiger partial charge in [-0.25, -0.2) is 0 Å². The summed E-state index contributed by atoms with van der Waals surface area (Å²) < 4.78 is 18.0. The van der Waals surface area contributed by atoms with Crippen molar-refractivity contribution in [3.63, 3.8) is 0 Å². The molecule has 0 spiro atoms. The molecular formula is C16H27N3O4. The van der Waals surface area contributed by atoms with E-state index in [2.05, 4.69) is 10.4 Å². The molecule has 1 aromatic rings. The number of carbonyl (C=O) groups is 1. The van der Waals surface area contributed by atoms with Crippen molar-refractivity contribution in [1.29, 1.82) is 0 Å². The molecule has 1 fully saturated rings. The summed E-state index contributed by atoms with van der Waals surface area (Å²) >= 11 is 0. The van der Waals surface area contributed by atoms with Gasteiger partial charge in [-0.2, -0.15) is 5.10 Å². The first-order chi connectivity index (χ1) is 11.2. The van der Waals surface area contributed by atoms with Crippen molar-refractivity contribution in [3.8, 4) is 0 Å². The molecule has 2 rings (SSSR count). The Morgan fingerprint density at radius 3 is 3.13 bits per heavy atom. The zero-order valence-electron chi connectivity index (χ0n) is 14.2. The Labute approximate surface area is 137 Å². The summed E-state index contributed by atoms with van der Waals surface area (Å²) in [5, 5.41) is 7.29. The number of methoxy groups -OCH3 is 2. The fourth-order valence-corrected chi connectivity index (χ4v) is 2.74. The highest BCUT2D eigenvalue weighted by atomic mass is 16.5. The molecule has 3 atom stereocenters. The van der Waals surface area contributed by atoms with Crippen LogP contribution in [0.5, 0.6) is 0 Å². The SMILES string of the molecule is COCCCn1nccc1[C@H]1OCC[C@@H]1C(=O)NCC(C)OC. The van der Waals surface area contributed by atoms with Crippen molar-refractivity contribution < 1.29 is 19.0 Å². The molecule has 130 valence electrons. The lowest BCUT2D eigenvalue weighted by Crippen LogP contribution is -2.37. The molecule has 1 N–H and O–H groups in total. The number of amides is 1. The number of hydrogen-bond acceptors (Lipinski definition) is 5. The lowest BCUT2D eigenvalue weighted by molar-refractivity contribution is -0.127. The molecule has 1 saturated heterocycles. The fraction of sp³-hybridized carbons (Fsp3) is 0.750. The van der Waals surface area contributed by atoms with Crippen LogP contribution in [0.2, 0.25) is 0 Å². The van der Waals surface area contributed by atoms with E-state index in [1.165, 1.54) is 0 Å². The smallest absolute Gasteiger partial charge is 0.226 e. The molecular weight excluding hydrogens is 298 g/mol. The van der Waals surface area contributed by atoms with Crippen molar-refractivity contribution in [2.75, 3.05) is 34.0 Å². The Morgan fingerprint density at radius 1 is 1.57 bits per heavy atom. The van der Waals surface area contributed by atoms with E-state index < -0.39 is 0 Å². The van der Waals surface area contributed by atoms with Gasteiger partial charge in [-0.05, 0) is 25.8 Å². The van der Waals surface area contributed by atoms with Crippen molar-refractivity contribution in [3.05, 3.63) is 18.0 Å². The van der Waals surface area contributed by atoms with Crippen LogP contribution in [-0.2, 0) is 25.5 Å². The average Bonchev–Trinajstić information content (AvgIpc) is 3.20. The van der Waals surface area contributed by atoms with Crippen LogP contribution in [0, 0.1) is 5.92 Å². The van der Waals surface area contributed by atoms with E-state index in [0.29, 0.717) is 19.8 Å². The summed E-state index contributed by atoms with van der Waals surface area (Å²) in [7, 11) is 3.32. The number of aromatic nitrogens is 2. The number of nitrogens with one attached hydrogen (secondary N) is 1. The first kappa shape index (κ1) is 17.9. The van der Waals surface area contributed by atoms with Crippen LogP contribution in [0.25, 0.3) is 0 Å². The minimum absolute atomic E-state index is 0.000654. The van der Waals surface area contributed by atoms with Crippen LogP contribution < -0.4 is 5.32 Å². The molecule has 0 radical (unpaired) electrons. The summed E-state index contributed by atoms with van der Waals surface area (Å²) in [5.74, 6) is -0.169. The quantitative estimate of drug-likeness (QED) is 0.689. The maximum Gasteiger partial charge on any atom is 0.226 e. The van der Waals surface area contributed by atoms with Gasteiger partial charge in [0.05, 0.1) is 17.7 Å². The van der Waals surface area contributed by atoms with E-state index in [1.807, 2.05) is 17.7 Å². The molecule has 2 heterocycles. The van der Waals surface area contributed by atoms with Crippen molar-refractivity contribution in [1.82, 2.24) is 15.1 Å². The number of nitrogens with zero attached hydrogens (tertiary/aromatic N) is 2. The normalized spacial score (nSPS) is 22.2.